The van der Waals surface area contributed by atoms with Crippen molar-refractivity contribution in [3.63, 3.8) is 0 Å². The van der Waals surface area contributed by atoms with E-state index in [1.54, 1.807) is 0 Å². The first-order valence-electron chi connectivity index (χ1n) is 7.73. The van der Waals surface area contributed by atoms with Gasteiger partial charge in [0.15, 0.2) is 0 Å². The molecule has 5 nitrogen and oxygen atoms in total. The quantitative estimate of drug-likeness (QED) is 0.561. The number of rotatable bonds is 10. The Morgan fingerprint density at radius 3 is 2.55 bits per heavy atom. The zero-order valence-electron chi connectivity index (χ0n) is 12.7. The van der Waals surface area contributed by atoms with E-state index in [9.17, 15) is 9.59 Å². The predicted molar refractivity (Wildman–Crippen MR) is 78.0 cm³/mol. The second-order valence-corrected chi connectivity index (χ2v) is 5.83. The SMILES string of the molecule is CCCC(CCO)CNC(=O)CCNC(=O)C1CC1C. The molecule has 2 amide bonds. The number of hydrogen-bond acceptors (Lipinski definition) is 3. The van der Waals surface area contributed by atoms with Gasteiger partial charge in [-0.2, -0.15) is 0 Å². The van der Waals surface area contributed by atoms with E-state index in [0.29, 0.717) is 31.3 Å². The topological polar surface area (TPSA) is 78.4 Å². The van der Waals surface area contributed by atoms with E-state index in [0.717, 1.165) is 25.7 Å². The maximum absolute atomic E-state index is 11.7. The first-order valence-corrected chi connectivity index (χ1v) is 7.73. The highest BCUT2D eigenvalue weighted by Gasteiger charge is 2.38. The Labute approximate surface area is 121 Å². The molecule has 1 aliphatic rings. The zero-order chi connectivity index (χ0) is 15.0. The fraction of sp³-hybridized carbons (Fsp3) is 0.867. The minimum atomic E-state index is -0.0341. The zero-order valence-corrected chi connectivity index (χ0v) is 12.7. The van der Waals surface area contributed by atoms with Gasteiger partial charge in [-0.1, -0.05) is 20.3 Å². The Hall–Kier alpha value is -1.10. The lowest BCUT2D eigenvalue weighted by Crippen LogP contribution is -2.34. The first-order chi connectivity index (χ1) is 9.58. The maximum atomic E-state index is 11.7. The highest BCUT2D eigenvalue weighted by Crippen LogP contribution is 2.37. The van der Waals surface area contributed by atoms with Gasteiger partial charge in [0.25, 0.3) is 0 Å². The standard InChI is InChI=1S/C15H28N2O3/c1-3-4-12(6-8-18)10-17-14(19)5-7-16-15(20)13-9-11(13)2/h11-13,18H,3-10H2,1-2H3,(H,16,20)(H,17,19). The summed E-state index contributed by atoms with van der Waals surface area (Å²) in [5.74, 6) is 1.05. The van der Waals surface area contributed by atoms with E-state index in [1.165, 1.54) is 0 Å². The van der Waals surface area contributed by atoms with Crippen LogP contribution in [-0.4, -0.2) is 36.6 Å². The molecule has 0 aromatic carbocycles. The van der Waals surface area contributed by atoms with Gasteiger partial charge in [0.2, 0.25) is 11.8 Å². The summed E-state index contributed by atoms with van der Waals surface area (Å²) in [6.07, 6.45) is 4.08. The smallest absolute Gasteiger partial charge is 0.223 e. The molecule has 1 fully saturated rings. The molecule has 1 aliphatic carbocycles. The van der Waals surface area contributed by atoms with Crippen molar-refractivity contribution in [2.45, 2.75) is 46.0 Å². The summed E-state index contributed by atoms with van der Waals surface area (Å²) < 4.78 is 0. The molecule has 0 spiro atoms. The molecule has 0 aromatic heterocycles. The lowest BCUT2D eigenvalue weighted by molar-refractivity contribution is -0.123. The summed E-state index contributed by atoms with van der Waals surface area (Å²) in [5.41, 5.74) is 0. The second kappa shape index (κ2) is 8.95. The minimum Gasteiger partial charge on any atom is -0.396 e. The fourth-order valence-electron chi connectivity index (χ4n) is 2.40. The predicted octanol–water partition coefficient (Wildman–Crippen LogP) is 1.06. The molecule has 0 aromatic rings. The Morgan fingerprint density at radius 1 is 1.30 bits per heavy atom. The number of carbonyl (C=O) groups excluding carboxylic acids is 2. The molecule has 0 radical (unpaired) electrons. The number of carbonyl (C=O) groups is 2. The fourth-order valence-corrected chi connectivity index (χ4v) is 2.40. The molecule has 1 rings (SSSR count). The minimum absolute atomic E-state index is 0.0341. The van der Waals surface area contributed by atoms with Gasteiger partial charge in [-0.05, 0) is 31.1 Å². The van der Waals surface area contributed by atoms with Crippen molar-refractivity contribution < 1.29 is 14.7 Å². The van der Waals surface area contributed by atoms with Crippen LogP contribution in [0.2, 0.25) is 0 Å². The van der Waals surface area contributed by atoms with Crippen LogP contribution in [0.5, 0.6) is 0 Å². The van der Waals surface area contributed by atoms with Crippen molar-refractivity contribution in [3.05, 3.63) is 0 Å². The van der Waals surface area contributed by atoms with Gasteiger partial charge in [-0.3, -0.25) is 9.59 Å². The number of aliphatic hydroxyl groups excluding tert-OH is 1. The van der Waals surface area contributed by atoms with Crippen molar-refractivity contribution in [2.24, 2.45) is 17.8 Å². The third-order valence-electron chi connectivity index (χ3n) is 3.92. The van der Waals surface area contributed by atoms with E-state index in [-0.39, 0.29) is 24.3 Å². The summed E-state index contributed by atoms with van der Waals surface area (Å²) in [7, 11) is 0. The van der Waals surface area contributed by atoms with Crippen LogP contribution in [0.3, 0.4) is 0 Å². The highest BCUT2D eigenvalue weighted by atomic mass is 16.3. The number of aliphatic hydroxyl groups is 1. The molecular weight excluding hydrogens is 256 g/mol. The van der Waals surface area contributed by atoms with Crippen LogP contribution in [-0.2, 0) is 9.59 Å². The number of amides is 2. The number of hydrogen-bond donors (Lipinski definition) is 3. The van der Waals surface area contributed by atoms with Crippen LogP contribution in [0.15, 0.2) is 0 Å². The van der Waals surface area contributed by atoms with Gasteiger partial charge in [-0.25, -0.2) is 0 Å². The van der Waals surface area contributed by atoms with E-state index < -0.39 is 0 Å². The van der Waals surface area contributed by atoms with Gasteiger partial charge in [0, 0.05) is 32.0 Å². The Balaban J connectivity index is 2.08. The summed E-state index contributed by atoms with van der Waals surface area (Å²) in [6, 6.07) is 0. The van der Waals surface area contributed by atoms with Crippen molar-refractivity contribution in [3.8, 4) is 0 Å². The summed E-state index contributed by atoms with van der Waals surface area (Å²) in [4.78, 5) is 23.2. The summed E-state index contributed by atoms with van der Waals surface area (Å²) >= 11 is 0. The highest BCUT2D eigenvalue weighted by molar-refractivity contribution is 5.82. The van der Waals surface area contributed by atoms with Gasteiger partial charge in [0.05, 0.1) is 0 Å². The second-order valence-electron chi connectivity index (χ2n) is 5.83. The van der Waals surface area contributed by atoms with Crippen LogP contribution in [0, 0.1) is 17.8 Å². The molecule has 20 heavy (non-hydrogen) atoms. The molecule has 3 atom stereocenters. The van der Waals surface area contributed by atoms with E-state index in [1.807, 2.05) is 0 Å². The monoisotopic (exact) mass is 284 g/mol. The average Bonchev–Trinajstić information content (AvgIpc) is 3.13. The average molecular weight is 284 g/mol. The van der Waals surface area contributed by atoms with Crippen molar-refractivity contribution in [2.75, 3.05) is 19.7 Å². The summed E-state index contributed by atoms with van der Waals surface area (Å²) in [5, 5.41) is 14.6. The van der Waals surface area contributed by atoms with Crippen LogP contribution in [0.25, 0.3) is 0 Å². The molecule has 3 unspecified atom stereocenters. The summed E-state index contributed by atoms with van der Waals surface area (Å²) in [6.45, 7) is 5.34. The lowest BCUT2D eigenvalue weighted by Gasteiger charge is -2.15. The van der Waals surface area contributed by atoms with Crippen molar-refractivity contribution in [1.29, 1.82) is 0 Å². The molecule has 0 aliphatic heterocycles. The Bertz CT molecular complexity index is 314. The first kappa shape index (κ1) is 17.0. The molecule has 3 N–H and O–H groups in total. The van der Waals surface area contributed by atoms with Crippen LogP contribution in [0.1, 0.15) is 46.0 Å². The Kier molecular flexibility index (Phi) is 7.59. The van der Waals surface area contributed by atoms with Crippen molar-refractivity contribution >= 4 is 11.8 Å². The molecule has 1 saturated carbocycles. The van der Waals surface area contributed by atoms with E-state index >= 15 is 0 Å². The largest absolute Gasteiger partial charge is 0.396 e. The molecule has 0 bridgehead atoms. The van der Waals surface area contributed by atoms with Crippen LogP contribution in [0.4, 0.5) is 0 Å². The number of nitrogens with one attached hydrogen (secondary N) is 2. The third-order valence-corrected chi connectivity index (χ3v) is 3.92. The van der Waals surface area contributed by atoms with Gasteiger partial charge >= 0.3 is 0 Å². The van der Waals surface area contributed by atoms with Crippen molar-refractivity contribution in [1.82, 2.24) is 10.6 Å². The van der Waals surface area contributed by atoms with Crippen LogP contribution >= 0.6 is 0 Å². The molecule has 116 valence electrons. The molecule has 0 saturated heterocycles. The normalized spacial score (nSPS) is 22.1. The molecule has 5 heteroatoms. The van der Waals surface area contributed by atoms with E-state index in [4.69, 9.17) is 5.11 Å². The van der Waals surface area contributed by atoms with E-state index in [2.05, 4.69) is 24.5 Å². The lowest BCUT2D eigenvalue weighted by atomic mass is 10.0. The maximum Gasteiger partial charge on any atom is 0.223 e. The molecule has 0 heterocycles. The molecular formula is C15H28N2O3. The van der Waals surface area contributed by atoms with Gasteiger partial charge in [-0.15, -0.1) is 0 Å². The van der Waals surface area contributed by atoms with Gasteiger partial charge < -0.3 is 15.7 Å². The van der Waals surface area contributed by atoms with Gasteiger partial charge in [0.1, 0.15) is 0 Å². The van der Waals surface area contributed by atoms with Crippen LogP contribution < -0.4 is 10.6 Å². The Morgan fingerprint density at radius 2 is 2.00 bits per heavy atom. The third kappa shape index (κ3) is 6.37.